The highest BCUT2D eigenvalue weighted by atomic mass is 16.7. The van der Waals surface area contributed by atoms with Gasteiger partial charge in [0, 0.05) is 18.4 Å². The van der Waals surface area contributed by atoms with Crippen LogP contribution >= 0.6 is 0 Å². The summed E-state index contributed by atoms with van der Waals surface area (Å²) >= 11 is 0. The number of ether oxygens (including phenoxy) is 3. The van der Waals surface area contributed by atoms with Crippen LogP contribution < -0.4 is 0 Å². The summed E-state index contributed by atoms with van der Waals surface area (Å²) in [5.74, 6) is -0.604. The van der Waals surface area contributed by atoms with E-state index in [2.05, 4.69) is 18.7 Å². The van der Waals surface area contributed by atoms with E-state index in [9.17, 15) is 10.2 Å². The minimum absolute atomic E-state index is 0.106. The molecule has 1 aliphatic heterocycles. The zero-order chi connectivity index (χ0) is 21.3. The second kappa shape index (κ2) is 12.5. The van der Waals surface area contributed by atoms with Crippen molar-refractivity contribution >= 4 is 0 Å². The van der Waals surface area contributed by atoms with E-state index in [0.29, 0.717) is 26.1 Å². The zero-order valence-electron chi connectivity index (χ0n) is 19.2. The summed E-state index contributed by atoms with van der Waals surface area (Å²) in [4.78, 5) is 2.13. The molecule has 0 saturated carbocycles. The van der Waals surface area contributed by atoms with Crippen molar-refractivity contribution in [2.24, 2.45) is 11.8 Å². The molecular weight excluding hydrogens is 358 g/mol. The van der Waals surface area contributed by atoms with Crippen LogP contribution in [0, 0.1) is 11.8 Å². The number of hydrogen-bond acceptors (Lipinski definition) is 6. The molecule has 1 aliphatic rings. The molecule has 6 heteroatoms. The predicted octanol–water partition coefficient (Wildman–Crippen LogP) is 3.05. The Morgan fingerprint density at radius 3 is 2.21 bits per heavy atom. The summed E-state index contributed by atoms with van der Waals surface area (Å²) in [5, 5.41) is 22.3. The van der Waals surface area contributed by atoms with Crippen LogP contribution in [0.5, 0.6) is 0 Å². The summed E-state index contributed by atoms with van der Waals surface area (Å²) in [6.45, 7) is 12.0. The third-order valence-electron chi connectivity index (χ3n) is 6.30. The van der Waals surface area contributed by atoms with Gasteiger partial charge in [0.1, 0.15) is 0 Å². The van der Waals surface area contributed by atoms with Crippen LogP contribution in [-0.4, -0.2) is 79.2 Å². The van der Waals surface area contributed by atoms with Gasteiger partial charge in [-0.25, -0.2) is 0 Å². The molecule has 1 heterocycles. The first-order valence-electron chi connectivity index (χ1n) is 11.2. The topological polar surface area (TPSA) is 71.4 Å². The van der Waals surface area contributed by atoms with E-state index in [1.807, 2.05) is 34.9 Å². The van der Waals surface area contributed by atoms with Gasteiger partial charge < -0.3 is 29.3 Å². The van der Waals surface area contributed by atoms with Gasteiger partial charge in [-0.15, -0.1) is 0 Å². The normalized spacial score (nSPS) is 29.0. The molecule has 28 heavy (non-hydrogen) atoms. The molecule has 5 unspecified atom stereocenters. The van der Waals surface area contributed by atoms with Gasteiger partial charge in [-0.2, -0.15) is 0 Å². The molecule has 0 bridgehead atoms. The molecule has 6 nitrogen and oxygen atoms in total. The molecule has 0 spiro atoms. The van der Waals surface area contributed by atoms with Crippen LogP contribution in [0.25, 0.3) is 0 Å². The Kier molecular flexibility index (Phi) is 11.5. The molecule has 2 N–H and O–H groups in total. The van der Waals surface area contributed by atoms with Gasteiger partial charge >= 0.3 is 0 Å². The quantitative estimate of drug-likeness (QED) is 0.461. The molecule has 1 saturated heterocycles. The molecule has 0 radical (unpaired) electrons. The van der Waals surface area contributed by atoms with Crippen molar-refractivity contribution < 1.29 is 24.4 Å². The monoisotopic (exact) mass is 403 g/mol. The molecular formula is C22H45NO5. The molecule has 0 amide bonds. The molecule has 0 aromatic heterocycles. The third-order valence-corrected chi connectivity index (χ3v) is 6.30. The highest BCUT2D eigenvalue weighted by molar-refractivity contribution is 4.98. The molecule has 0 aromatic carbocycles. The maximum Gasteiger partial charge on any atom is 0.163 e. The summed E-state index contributed by atoms with van der Waals surface area (Å²) in [5.41, 5.74) is -0.981. The van der Waals surface area contributed by atoms with Crippen LogP contribution in [0.15, 0.2) is 0 Å². The van der Waals surface area contributed by atoms with Crippen molar-refractivity contribution in [3.05, 3.63) is 0 Å². The van der Waals surface area contributed by atoms with Gasteiger partial charge in [-0.05, 0) is 52.7 Å². The number of aliphatic hydroxyl groups excluding tert-OH is 1. The van der Waals surface area contributed by atoms with Crippen LogP contribution in [0.4, 0.5) is 0 Å². The lowest BCUT2D eigenvalue weighted by atomic mass is 9.71. The first kappa shape index (κ1) is 25.8. The van der Waals surface area contributed by atoms with Gasteiger partial charge in [0.15, 0.2) is 6.29 Å². The molecule has 1 rings (SSSR count). The van der Waals surface area contributed by atoms with Crippen LogP contribution in [0.1, 0.15) is 66.7 Å². The Balaban J connectivity index is 2.90. The number of aliphatic hydroxyl groups is 2. The lowest BCUT2D eigenvalue weighted by Crippen LogP contribution is -2.60. The van der Waals surface area contributed by atoms with Gasteiger partial charge in [0.05, 0.1) is 30.5 Å². The molecule has 1 fully saturated rings. The first-order valence-corrected chi connectivity index (χ1v) is 11.2. The number of hydrogen-bond donors (Lipinski definition) is 2. The fourth-order valence-corrected chi connectivity index (χ4v) is 4.13. The Hall–Kier alpha value is -0.240. The Bertz CT molecular complexity index is 412. The molecule has 168 valence electrons. The highest BCUT2D eigenvalue weighted by Crippen LogP contribution is 2.41. The van der Waals surface area contributed by atoms with Crippen molar-refractivity contribution in [3.8, 4) is 0 Å². The van der Waals surface area contributed by atoms with Crippen LogP contribution in [0.2, 0.25) is 0 Å². The van der Waals surface area contributed by atoms with Crippen molar-refractivity contribution in [1.82, 2.24) is 4.90 Å². The number of nitrogens with zero attached hydrogens (tertiary/aromatic N) is 1. The summed E-state index contributed by atoms with van der Waals surface area (Å²) in [6, 6.07) is 0. The van der Waals surface area contributed by atoms with E-state index in [1.165, 1.54) is 0 Å². The van der Waals surface area contributed by atoms with E-state index < -0.39 is 30.0 Å². The van der Waals surface area contributed by atoms with Gasteiger partial charge in [0.2, 0.25) is 0 Å². The predicted molar refractivity (Wildman–Crippen MR) is 112 cm³/mol. The molecule has 0 aliphatic carbocycles. The van der Waals surface area contributed by atoms with Crippen molar-refractivity contribution in [1.29, 1.82) is 0 Å². The number of rotatable bonds is 13. The minimum atomic E-state index is -0.981. The minimum Gasteiger partial charge on any atom is -0.392 e. The zero-order valence-corrected chi connectivity index (χ0v) is 19.2. The average molecular weight is 404 g/mol. The fourth-order valence-electron chi connectivity index (χ4n) is 4.13. The van der Waals surface area contributed by atoms with E-state index >= 15 is 0 Å². The summed E-state index contributed by atoms with van der Waals surface area (Å²) in [7, 11) is 4.08. The lowest BCUT2D eigenvalue weighted by molar-refractivity contribution is -0.306. The van der Waals surface area contributed by atoms with Crippen molar-refractivity contribution in [2.75, 3.05) is 33.9 Å². The van der Waals surface area contributed by atoms with Gasteiger partial charge in [-0.3, -0.25) is 0 Å². The third kappa shape index (κ3) is 6.92. The van der Waals surface area contributed by atoms with E-state index in [1.54, 1.807) is 0 Å². The second-order valence-corrected chi connectivity index (χ2v) is 8.54. The van der Waals surface area contributed by atoms with Crippen LogP contribution in [-0.2, 0) is 14.2 Å². The highest BCUT2D eigenvalue weighted by Gasteiger charge is 2.52. The lowest BCUT2D eigenvalue weighted by Gasteiger charge is -2.50. The average Bonchev–Trinajstić information content (AvgIpc) is 2.68. The van der Waals surface area contributed by atoms with E-state index in [-0.39, 0.29) is 12.0 Å². The van der Waals surface area contributed by atoms with Crippen molar-refractivity contribution in [3.63, 3.8) is 0 Å². The smallest absolute Gasteiger partial charge is 0.163 e. The summed E-state index contributed by atoms with van der Waals surface area (Å²) in [6.07, 6.45) is 2.40. The first-order chi connectivity index (χ1) is 13.2. The Morgan fingerprint density at radius 2 is 1.71 bits per heavy atom. The second-order valence-electron chi connectivity index (χ2n) is 8.54. The van der Waals surface area contributed by atoms with Gasteiger partial charge in [0.25, 0.3) is 0 Å². The Morgan fingerprint density at radius 1 is 1.11 bits per heavy atom. The van der Waals surface area contributed by atoms with Crippen LogP contribution in [0.3, 0.4) is 0 Å². The van der Waals surface area contributed by atoms with Crippen molar-refractivity contribution in [2.45, 2.75) is 96.9 Å². The fraction of sp³-hybridized carbons (Fsp3) is 1.00. The van der Waals surface area contributed by atoms with E-state index in [4.69, 9.17) is 14.2 Å². The van der Waals surface area contributed by atoms with Gasteiger partial charge in [-0.1, -0.05) is 34.6 Å². The summed E-state index contributed by atoms with van der Waals surface area (Å²) < 4.78 is 18.4. The standard InChI is InChI=1S/C22H45NO5/c1-8-17(9-2)27-21-16(5)20(24)19(22(25,10-3)11-4)18(28-21)15-26-14-12-13-23(6)7/h16-21,24-25H,8-15H2,1-7H3. The Labute approximate surface area is 172 Å². The largest absolute Gasteiger partial charge is 0.392 e. The maximum absolute atomic E-state index is 11.2. The SMILES string of the molecule is CCC(CC)OC1OC(COCCCN(C)C)C(C(O)(CC)CC)C(O)C1C. The molecule has 0 aromatic rings. The molecule has 5 atom stereocenters. The van der Waals surface area contributed by atoms with E-state index in [0.717, 1.165) is 25.8 Å². The maximum atomic E-state index is 11.2.